The molecule has 3 nitrogen and oxygen atoms in total. The number of benzene rings is 2. The zero-order valence-corrected chi connectivity index (χ0v) is 17.5. The molecular weight excluding hydrogens is 344 g/mol. The summed E-state index contributed by atoms with van der Waals surface area (Å²) in [6.07, 6.45) is 3.56. The molecule has 0 aromatic heterocycles. The number of rotatable bonds is 7. The monoisotopic (exact) mass is 378 g/mol. The Morgan fingerprint density at radius 2 is 1.82 bits per heavy atom. The zero-order chi connectivity index (χ0) is 19.9. The molecule has 1 N–H and O–H groups in total. The van der Waals surface area contributed by atoms with Crippen LogP contribution in [0.5, 0.6) is 0 Å². The van der Waals surface area contributed by atoms with Crippen molar-refractivity contribution in [2.75, 3.05) is 13.1 Å². The molecule has 150 valence electrons. The predicted molar refractivity (Wildman–Crippen MR) is 116 cm³/mol. The van der Waals surface area contributed by atoms with Crippen LogP contribution < -0.4 is 5.32 Å². The molecule has 0 bridgehead atoms. The normalized spacial score (nSPS) is 18.8. The van der Waals surface area contributed by atoms with Gasteiger partial charge in [0.25, 0.3) is 5.91 Å². The molecule has 1 heterocycles. The summed E-state index contributed by atoms with van der Waals surface area (Å²) in [5.41, 5.74) is 3.19. The lowest BCUT2D eigenvalue weighted by molar-refractivity contribution is 0.0932. The largest absolute Gasteiger partial charge is 0.345 e. The summed E-state index contributed by atoms with van der Waals surface area (Å²) < 4.78 is 0. The molecule has 1 saturated heterocycles. The van der Waals surface area contributed by atoms with Crippen LogP contribution in [0.1, 0.15) is 67.6 Å². The van der Waals surface area contributed by atoms with E-state index in [0.29, 0.717) is 5.92 Å². The van der Waals surface area contributed by atoms with Gasteiger partial charge in [-0.3, -0.25) is 9.69 Å². The van der Waals surface area contributed by atoms with Crippen molar-refractivity contribution in [2.45, 2.75) is 52.6 Å². The molecule has 0 radical (unpaired) electrons. The number of hydrogen-bond donors (Lipinski definition) is 1. The number of nitrogens with one attached hydrogen (secondary N) is 1. The molecule has 0 spiro atoms. The van der Waals surface area contributed by atoms with E-state index in [0.717, 1.165) is 24.4 Å². The molecule has 0 unspecified atom stereocenters. The van der Waals surface area contributed by atoms with E-state index in [2.05, 4.69) is 55.3 Å². The van der Waals surface area contributed by atoms with Gasteiger partial charge in [0.1, 0.15) is 0 Å². The molecule has 1 fully saturated rings. The second kappa shape index (κ2) is 9.88. The van der Waals surface area contributed by atoms with Crippen molar-refractivity contribution in [3.05, 3.63) is 71.3 Å². The highest BCUT2D eigenvalue weighted by atomic mass is 16.1. The molecule has 0 saturated carbocycles. The Balaban J connectivity index is 1.62. The molecule has 1 aliphatic rings. The third-order valence-corrected chi connectivity index (χ3v) is 5.58. The fourth-order valence-corrected chi connectivity index (χ4v) is 4.13. The third kappa shape index (κ3) is 5.93. The van der Waals surface area contributed by atoms with Gasteiger partial charge in [-0.1, -0.05) is 63.2 Å². The van der Waals surface area contributed by atoms with Crippen LogP contribution in [0.2, 0.25) is 0 Å². The van der Waals surface area contributed by atoms with Crippen LogP contribution >= 0.6 is 0 Å². The molecule has 2 aromatic carbocycles. The molecule has 2 aromatic rings. The first-order chi connectivity index (χ1) is 13.5. The summed E-state index contributed by atoms with van der Waals surface area (Å²) in [5.74, 6) is 1.31. The maximum atomic E-state index is 12.8. The summed E-state index contributed by atoms with van der Waals surface area (Å²) in [6, 6.07) is 18.5. The number of nitrogens with zero attached hydrogens (tertiary/aromatic N) is 1. The highest BCUT2D eigenvalue weighted by Gasteiger charge is 2.18. The smallest absolute Gasteiger partial charge is 0.251 e. The van der Waals surface area contributed by atoms with E-state index in [1.807, 2.05) is 30.3 Å². The van der Waals surface area contributed by atoms with Gasteiger partial charge < -0.3 is 5.32 Å². The summed E-state index contributed by atoms with van der Waals surface area (Å²) in [4.78, 5) is 15.4. The number of piperidine rings is 1. The lowest BCUT2D eigenvalue weighted by Crippen LogP contribution is -2.33. The summed E-state index contributed by atoms with van der Waals surface area (Å²) in [7, 11) is 0. The van der Waals surface area contributed by atoms with Gasteiger partial charge in [0.15, 0.2) is 0 Å². The van der Waals surface area contributed by atoms with E-state index in [1.54, 1.807) is 0 Å². The zero-order valence-electron chi connectivity index (χ0n) is 17.5. The quantitative estimate of drug-likeness (QED) is 0.696. The fraction of sp³-hybridized carbons (Fsp3) is 0.480. The fourth-order valence-electron chi connectivity index (χ4n) is 4.13. The molecule has 1 amide bonds. The van der Waals surface area contributed by atoms with Gasteiger partial charge in [-0.15, -0.1) is 0 Å². The number of likely N-dealkylation sites (tertiary alicyclic amines) is 1. The number of carbonyl (C=O) groups excluding carboxylic acids is 1. The van der Waals surface area contributed by atoms with Crippen molar-refractivity contribution < 1.29 is 4.79 Å². The van der Waals surface area contributed by atoms with Crippen molar-refractivity contribution in [3.8, 4) is 0 Å². The minimum Gasteiger partial charge on any atom is -0.345 e. The van der Waals surface area contributed by atoms with Gasteiger partial charge in [0, 0.05) is 18.7 Å². The van der Waals surface area contributed by atoms with Crippen molar-refractivity contribution in [3.63, 3.8) is 0 Å². The summed E-state index contributed by atoms with van der Waals surface area (Å²) >= 11 is 0. The van der Waals surface area contributed by atoms with Crippen molar-refractivity contribution in [1.29, 1.82) is 0 Å². The average molecular weight is 379 g/mol. The third-order valence-electron chi connectivity index (χ3n) is 5.58. The Morgan fingerprint density at radius 3 is 2.46 bits per heavy atom. The summed E-state index contributed by atoms with van der Waals surface area (Å²) in [6.45, 7) is 10.1. The van der Waals surface area contributed by atoms with E-state index in [9.17, 15) is 4.79 Å². The lowest BCUT2D eigenvalue weighted by Gasteiger charge is -2.30. The highest BCUT2D eigenvalue weighted by Crippen LogP contribution is 2.22. The van der Waals surface area contributed by atoms with Crippen molar-refractivity contribution in [2.24, 2.45) is 11.8 Å². The Bertz CT molecular complexity index is 739. The molecule has 0 aliphatic carbocycles. The second-order valence-corrected chi connectivity index (χ2v) is 8.75. The van der Waals surface area contributed by atoms with Gasteiger partial charge in [-0.25, -0.2) is 0 Å². The molecule has 3 heteroatoms. The van der Waals surface area contributed by atoms with Gasteiger partial charge in [-0.05, 0) is 60.9 Å². The maximum absolute atomic E-state index is 12.8. The van der Waals surface area contributed by atoms with Crippen LogP contribution in [0.4, 0.5) is 0 Å². The van der Waals surface area contributed by atoms with E-state index >= 15 is 0 Å². The van der Waals surface area contributed by atoms with Crippen molar-refractivity contribution in [1.82, 2.24) is 10.2 Å². The predicted octanol–water partition coefficient (Wildman–Crippen LogP) is 5.44. The average Bonchev–Trinajstić information content (AvgIpc) is 2.68. The van der Waals surface area contributed by atoms with Gasteiger partial charge in [-0.2, -0.15) is 0 Å². The SMILES string of the molecule is CC(C)C[C@H](NC(=O)c1ccc(CN2CCC[C@@H](C)C2)cc1)c1ccccc1. The second-order valence-electron chi connectivity index (χ2n) is 8.75. The number of hydrogen-bond acceptors (Lipinski definition) is 2. The summed E-state index contributed by atoms with van der Waals surface area (Å²) in [5, 5.41) is 3.24. The van der Waals surface area contributed by atoms with Gasteiger partial charge in [0.2, 0.25) is 0 Å². The van der Waals surface area contributed by atoms with E-state index in [4.69, 9.17) is 0 Å². The van der Waals surface area contributed by atoms with E-state index in [1.165, 1.54) is 37.1 Å². The first-order valence-corrected chi connectivity index (χ1v) is 10.7. The lowest BCUT2D eigenvalue weighted by atomic mass is 9.96. The van der Waals surface area contributed by atoms with Crippen molar-refractivity contribution >= 4 is 5.91 Å². The minimum atomic E-state index is 0.00708. The first kappa shape index (κ1) is 20.6. The maximum Gasteiger partial charge on any atom is 0.251 e. The van der Waals surface area contributed by atoms with Crippen LogP contribution in [0.3, 0.4) is 0 Å². The molecule has 28 heavy (non-hydrogen) atoms. The van der Waals surface area contributed by atoms with E-state index in [-0.39, 0.29) is 11.9 Å². The number of carbonyl (C=O) groups is 1. The van der Waals surface area contributed by atoms with Crippen LogP contribution in [0.15, 0.2) is 54.6 Å². The Labute approximate surface area is 170 Å². The van der Waals surface area contributed by atoms with Crippen LogP contribution in [0.25, 0.3) is 0 Å². The molecule has 2 atom stereocenters. The molecular formula is C25H34N2O. The van der Waals surface area contributed by atoms with Crippen LogP contribution in [0, 0.1) is 11.8 Å². The Kier molecular flexibility index (Phi) is 7.27. The highest BCUT2D eigenvalue weighted by molar-refractivity contribution is 5.94. The molecule has 1 aliphatic heterocycles. The molecule has 3 rings (SSSR count). The van der Waals surface area contributed by atoms with Crippen LogP contribution in [-0.4, -0.2) is 23.9 Å². The van der Waals surface area contributed by atoms with Crippen LogP contribution in [-0.2, 0) is 6.54 Å². The minimum absolute atomic E-state index is 0.00708. The van der Waals surface area contributed by atoms with Gasteiger partial charge in [0.05, 0.1) is 6.04 Å². The Hall–Kier alpha value is -2.13. The standard InChI is InChI=1S/C25H34N2O/c1-19(2)16-24(22-9-5-4-6-10-22)26-25(28)23-13-11-21(12-14-23)18-27-15-7-8-20(3)17-27/h4-6,9-14,19-20,24H,7-8,15-18H2,1-3H3,(H,26,28)/t20-,24+/m1/s1. The van der Waals surface area contributed by atoms with E-state index < -0.39 is 0 Å². The number of amides is 1. The Morgan fingerprint density at radius 1 is 1.11 bits per heavy atom. The topological polar surface area (TPSA) is 32.3 Å². The van der Waals surface area contributed by atoms with Gasteiger partial charge >= 0.3 is 0 Å². The first-order valence-electron chi connectivity index (χ1n) is 10.7.